The number of carbonyl (C=O) groups is 1. The number of rotatable bonds is 4. The summed E-state index contributed by atoms with van der Waals surface area (Å²) in [7, 11) is 0. The Kier molecular flexibility index (Phi) is 3.58. The van der Waals surface area contributed by atoms with Crippen LogP contribution in [-0.2, 0) is 0 Å². The van der Waals surface area contributed by atoms with Crippen LogP contribution in [0.4, 0.5) is 17.5 Å². The van der Waals surface area contributed by atoms with Crippen LogP contribution >= 0.6 is 0 Å². The number of fused-ring (bicyclic) bond motifs is 1. The number of aryl methyl sites for hydroxylation is 1. The van der Waals surface area contributed by atoms with E-state index in [2.05, 4.69) is 30.9 Å². The third-order valence-corrected chi connectivity index (χ3v) is 3.40. The number of anilines is 3. The Bertz CT molecular complexity index is 1040. The van der Waals surface area contributed by atoms with Gasteiger partial charge in [0.2, 0.25) is 5.88 Å². The van der Waals surface area contributed by atoms with Crippen molar-refractivity contribution in [2.45, 2.75) is 6.92 Å². The maximum absolute atomic E-state index is 12.4. The number of hydrogen-bond donors (Lipinski definition) is 2. The van der Waals surface area contributed by atoms with Crippen LogP contribution in [0, 0.1) is 6.92 Å². The summed E-state index contributed by atoms with van der Waals surface area (Å²) in [6.45, 7) is 1.77. The molecule has 9 heteroatoms. The number of hydrogen-bond acceptors (Lipinski definition) is 7. The highest BCUT2D eigenvalue weighted by Gasteiger charge is 2.16. The smallest absolute Gasteiger partial charge is 0.263 e. The van der Waals surface area contributed by atoms with Crippen LogP contribution in [0.3, 0.4) is 0 Å². The number of amides is 1. The summed E-state index contributed by atoms with van der Waals surface area (Å²) in [5.41, 5.74) is 1.41. The molecule has 4 aromatic heterocycles. The second-order valence-electron chi connectivity index (χ2n) is 5.27. The van der Waals surface area contributed by atoms with Crippen LogP contribution in [0.1, 0.15) is 16.1 Å². The van der Waals surface area contributed by atoms with Gasteiger partial charge >= 0.3 is 0 Å². The lowest BCUT2D eigenvalue weighted by Gasteiger charge is -2.05. The van der Waals surface area contributed by atoms with Crippen molar-refractivity contribution in [3.8, 4) is 0 Å². The summed E-state index contributed by atoms with van der Waals surface area (Å²) in [5, 5.41) is 13.6. The van der Waals surface area contributed by atoms with Crippen LogP contribution in [0.15, 0.2) is 53.4 Å². The maximum atomic E-state index is 12.4. The molecule has 4 heterocycles. The van der Waals surface area contributed by atoms with Gasteiger partial charge in [0, 0.05) is 18.5 Å². The van der Waals surface area contributed by atoms with Crippen molar-refractivity contribution in [2.75, 3.05) is 10.6 Å². The molecule has 9 nitrogen and oxygen atoms in total. The highest BCUT2D eigenvalue weighted by atomic mass is 16.5. The van der Waals surface area contributed by atoms with Gasteiger partial charge in [-0.25, -0.2) is 14.5 Å². The van der Waals surface area contributed by atoms with E-state index in [-0.39, 0.29) is 11.8 Å². The molecule has 0 aromatic carbocycles. The zero-order valence-electron chi connectivity index (χ0n) is 13.2. The van der Waals surface area contributed by atoms with E-state index in [1.165, 1.54) is 10.7 Å². The van der Waals surface area contributed by atoms with Gasteiger partial charge in [0.1, 0.15) is 17.2 Å². The molecule has 4 aromatic rings. The van der Waals surface area contributed by atoms with Gasteiger partial charge in [-0.1, -0.05) is 11.2 Å². The molecule has 4 rings (SSSR count). The summed E-state index contributed by atoms with van der Waals surface area (Å²) in [5.74, 6) is 1.09. The first-order valence-corrected chi connectivity index (χ1v) is 7.46. The highest BCUT2D eigenvalue weighted by Crippen LogP contribution is 2.17. The predicted molar refractivity (Wildman–Crippen MR) is 89.7 cm³/mol. The first kappa shape index (κ1) is 14.8. The van der Waals surface area contributed by atoms with Gasteiger partial charge < -0.3 is 9.84 Å². The van der Waals surface area contributed by atoms with E-state index in [1.54, 1.807) is 31.5 Å². The van der Waals surface area contributed by atoms with Crippen molar-refractivity contribution in [3.63, 3.8) is 0 Å². The van der Waals surface area contributed by atoms with Crippen molar-refractivity contribution >= 4 is 29.1 Å². The molecular weight excluding hydrogens is 322 g/mol. The molecule has 0 aliphatic heterocycles. The molecule has 0 saturated carbocycles. The van der Waals surface area contributed by atoms with Crippen LogP contribution < -0.4 is 10.6 Å². The fraction of sp³-hybridized carbons (Fsp3) is 0.0625. The number of carbonyl (C=O) groups excluding carboxylic acids is 1. The van der Waals surface area contributed by atoms with E-state index in [1.807, 2.05) is 18.2 Å². The quantitative estimate of drug-likeness (QED) is 0.589. The molecule has 0 saturated heterocycles. The van der Waals surface area contributed by atoms with Gasteiger partial charge in [0.15, 0.2) is 5.65 Å². The second kappa shape index (κ2) is 6.04. The Morgan fingerprint density at radius 3 is 2.92 bits per heavy atom. The standard InChI is InChI=1S/C16H13N7O2/c1-10-8-14(25-22-10)21-16(24)11-9-18-23-7-5-13(20-15(11)23)19-12-4-2-3-6-17-12/h2-9H,1H3,(H,21,24)(H,17,19,20). The normalized spacial score (nSPS) is 10.8. The summed E-state index contributed by atoms with van der Waals surface area (Å²) in [6, 6.07) is 8.89. The Hall–Kier alpha value is -3.75. The molecule has 0 bridgehead atoms. The molecule has 0 radical (unpaired) electrons. The number of pyridine rings is 1. The summed E-state index contributed by atoms with van der Waals surface area (Å²) >= 11 is 0. The molecule has 0 aliphatic carbocycles. The van der Waals surface area contributed by atoms with Gasteiger partial charge in [0.25, 0.3) is 5.91 Å². The van der Waals surface area contributed by atoms with E-state index in [0.717, 1.165) is 0 Å². The van der Waals surface area contributed by atoms with Gasteiger partial charge in [-0.05, 0) is 25.1 Å². The fourth-order valence-corrected chi connectivity index (χ4v) is 2.27. The second-order valence-corrected chi connectivity index (χ2v) is 5.27. The Morgan fingerprint density at radius 2 is 2.16 bits per heavy atom. The van der Waals surface area contributed by atoms with E-state index >= 15 is 0 Å². The summed E-state index contributed by atoms with van der Waals surface area (Å²) < 4.78 is 6.52. The summed E-state index contributed by atoms with van der Waals surface area (Å²) in [4.78, 5) is 21.1. The third-order valence-electron chi connectivity index (χ3n) is 3.40. The average Bonchev–Trinajstić information content (AvgIpc) is 3.21. The minimum atomic E-state index is -0.381. The first-order chi connectivity index (χ1) is 12.2. The van der Waals surface area contributed by atoms with Crippen molar-refractivity contribution in [3.05, 3.63) is 60.2 Å². The van der Waals surface area contributed by atoms with Crippen molar-refractivity contribution < 1.29 is 9.32 Å². The SMILES string of the molecule is Cc1cc(NC(=O)c2cnn3ccc(Nc4ccccn4)nc23)on1. The number of nitrogens with zero attached hydrogens (tertiary/aromatic N) is 5. The molecule has 2 N–H and O–H groups in total. The third kappa shape index (κ3) is 3.02. The average molecular weight is 335 g/mol. The Morgan fingerprint density at radius 1 is 1.24 bits per heavy atom. The number of aromatic nitrogens is 5. The molecule has 0 spiro atoms. The van der Waals surface area contributed by atoms with Gasteiger partial charge in [0.05, 0.1) is 11.9 Å². The minimum Gasteiger partial charge on any atom is -0.338 e. The lowest BCUT2D eigenvalue weighted by molar-refractivity contribution is 0.102. The lowest BCUT2D eigenvalue weighted by atomic mass is 10.3. The molecule has 0 atom stereocenters. The molecule has 0 fully saturated rings. The zero-order chi connectivity index (χ0) is 17.2. The van der Waals surface area contributed by atoms with Crippen molar-refractivity contribution in [1.82, 2.24) is 24.7 Å². The summed E-state index contributed by atoms with van der Waals surface area (Å²) in [6.07, 6.45) is 4.84. The maximum Gasteiger partial charge on any atom is 0.263 e. The minimum absolute atomic E-state index is 0.268. The van der Waals surface area contributed by atoms with E-state index in [9.17, 15) is 4.79 Å². The predicted octanol–water partition coefficient (Wildman–Crippen LogP) is 2.42. The Labute approximate surface area is 141 Å². The molecule has 0 unspecified atom stereocenters. The molecule has 124 valence electrons. The van der Waals surface area contributed by atoms with Gasteiger partial charge in [-0.2, -0.15) is 5.10 Å². The zero-order valence-corrected chi connectivity index (χ0v) is 13.2. The largest absolute Gasteiger partial charge is 0.338 e. The molecular formula is C16H13N7O2. The van der Waals surface area contributed by atoms with Crippen molar-refractivity contribution in [2.24, 2.45) is 0 Å². The van der Waals surface area contributed by atoms with Crippen LogP contribution in [0.5, 0.6) is 0 Å². The first-order valence-electron chi connectivity index (χ1n) is 7.46. The van der Waals surface area contributed by atoms with E-state index in [0.29, 0.717) is 28.5 Å². The van der Waals surface area contributed by atoms with Crippen molar-refractivity contribution in [1.29, 1.82) is 0 Å². The molecule has 25 heavy (non-hydrogen) atoms. The number of nitrogens with one attached hydrogen (secondary N) is 2. The Balaban J connectivity index is 1.63. The highest BCUT2D eigenvalue weighted by molar-refractivity contribution is 6.07. The molecule has 1 amide bonds. The van der Waals surface area contributed by atoms with Gasteiger partial charge in [-0.3, -0.25) is 10.1 Å². The fourth-order valence-electron chi connectivity index (χ4n) is 2.27. The van der Waals surface area contributed by atoms with E-state index < -0.39 is 0 Å². The van der Waals surface area contributed by atoms with Crippen LogP contribution in [-0.4, -0.2) is 30.6 Å². The van der Waals surface area contributed by atoms with Gasteiger partial charge in [-0.15, -0.1) is 0 Å². The molecule has 0 aliphatic rings. The topological polar surface area (TPSA) is 110 Å². The van der Waals surface area contributed by atoms with E-state index in [4.69, 9.17) is 4.52 Å². The van der Waals surface area contributed by atoms with Crippen LogP contribution in [0.2, 0.25) is 0 Å². The van der Waals surface area contributed by atoms with Crippen LogP contribution in [0.25, 0.3) is 5.65 Å². The lowest BCUT2D eigenvalue weighted by Crippen LogP contribution is -2.11. The monoisotopic (exact) mass is 335 g/mol.